The van der Waals surface area contributed by atoms with Crippen LogP contribution in [-0.2, 0) is 4.74 Å². The van der Waals surface area contributed by atoms with Crippen molar-refractivity contribution in [3.8, 4) is 0 Å². The summed E-state index contributed by atoms with van der Waals surface area (Å²) in [5.41, 5.74) is 6.95. The summed E-state index contributed by atoms with van der Waals surface area (Å²) in [4.78, 5) is 6.56. The first kappa shape index (κ1) is 13.6. The molecular weight excluding hydrogens is 281 g/mol. The second kappa shape index (κ2) is 5.58. The van der Waals surface area contributed by atoms with Crippen LogP contribution in [0, 0.1) is 5.82 Å². The summed E-state index contributed by atoms with van der Waals surface area (Å²) in [6, 6.07) is 5.10. The molecule has 0 amide bonds. The van der Waals surface area contributed by atoms with E-state index in [9.17, 15) is 4.39 Å². The van der Waals surface area contributed by atoms with Gasteiger partial charge in [0.25, 0.3) is 0 Å². The first-order valence-corrected chi connectivity index (χ1v) is 7.14. The fourth-order valence-corrected chi connectivity index (χ4v) is 2.59. The Morgan fingerprint density at radius 3 is 2.85 bits per heavy atom. The van der Waals surface area contributed by atoms with Gasteiger partial charge in [0.05, 0.1) is 24.3 Å². The Kier molecular flexibility index (Phi) is 3.81. The van der Waals surface area contributed by atoms with E-state index in [1.54, 1.807) is 6.07 Å². The van der Waals surface area contributed by atoms with Crippen LogP contribution in [0.5, 0.6) is 0 Å². The van der Waals surface area contributed by atoms with E-state index < -0.39 is 0 Å². The Morgan fingerprint density at radius 1 is 1.40 bits per heavy atom. The molecule has 3 rings (SSSR count). The van der Waals surface area contributed by atoms with Gasteiger partial charge in [-0.15, -0.1) is 0 Å². The number of rotatable bonds is 2. The molecule has 108 valence electrons. The fourth-order valence-electron chi connectivity index (χ4n) is 2.47. The molecule has 1 aromatic rings. The number of ether oxygens (including phenoxy) is 1. The predicted molar refractivity (Wildman–Crippen MR) is 76.6 cm³/mol. The quantitative estimate of drug-likeness (QED) is 0.671. The number of hydrogen-bond acceptors (Lipinski definition) is 2. The molecule has 20 heavy (non-hydrogen) atoms. The van der Waals surface area contributed by atoms with E-state index in [1.165, 1.54) is 6.07 Å². The number of nitrogens with two attached hydrogens (primary N) is 1. The van der Waals surface area contributed by atoms with Gasteiger partial charge in [0, 0.05) is 19.0 Å². The van der Waals surface area contributed by atoms with Crippen LogP contribution in [0.3, 0.4) is 0 Å². The highest BCUT2D eigenvalue weighted by Crippen LogP contribution is 2.44. The van der Waals surface area contributed by atoms with Crippen molar-refractivity contribution in [2.24, 2.45) is 10.7 Å². The molecule has 4 nitrogen and oxygen atoms in total. The molecule has 0 bridgehead atoms. The van der Waals surface area contributed by atoms with Crippen molar-refractivity contribution in [3.05, 3.63) is 34.6 Å². The lowest BCUT2D eigenvalue weighted by atomic mass is 10.1. The summed E-state index contributed by atoms with van der Waals surface area (Å²) in [6.07, 6.45) is 0.909. The van der Waals surface area contributed by atoms with Crippen LogP contribution < -0.4 is 5.73 Å². The maximum Gasteiger partial charge on any atom is 0.191 e. The van der Waals surface area contributed by atoms with Gasteiger partial charge in [-0.2, -0.15) is 0 Å². The van der Waals surface area contributed by atoms with Crippen LogP contribution in [0.1, 0.15) is 17.9 Å². The lowest BCUT2D eigenvalue weighted by Crippen LogP contribution is -2.45. The summed E-state index contributed by atoms with van der Waals surface area (Å²) in [7, 11) is 0. The summed E-state index contributed by atoms with van der Waals surface area (Å²) in [5.74, 6) is 0.441. The lowest BCUT2D eigenvalue weighted by Gasteiger charge is -2.27. The van der Waals surface area contributed by atoms with E-state index in [0.29, 0.717) is 19.2 Å². The topological polar surface area (TPSA) is 50.8 Å². The number of morpholine rings is 1. The van der Waals surface area contributed by atoms with Gasteiger partial charge >= 0.3 is 0 Å². The number of guanidine groups is 1. The molecule has 2 fully saturated rings. The molecule has 6 heteroatoms. The van der Waals surface area contributed by atoms with E-state index in [1.807, 2.05) is 11.0 Å². The zero-order valence-corrected chi connectivity index (χ0v) is 11.8. The zero-order chi connectivity index (χ0) is 14.1. The van der Waals surface area contributed by atoms with E-state index in [-0.39, 0.29) is 22.8 Å². The molecule has 1 saturated carbocycles. The zero-order valence-electron chi connectivity index (χ0n) is 11.1. The SMILES string of the molecule is NC(=NC1CC1c1ccc(Cl)c(F)c1)N1CCOCC1. The van der Waals surface area contributed by atoms with Crippen molar-refractivity contribution >= 4 is 17.6 Å². The molecule has 1 aliphatic heterocycles. The van der Waals surface area contributed by atoms with Crippen molar-refractivity contribution in [1.29, 1.82) is 0 Å². The molecule has 2 N–H and O–H groups in total. The Labute approximate surface area is 122 Å². The van der Waals surface area contributed by atoms with Crippen LogP contribution in [0.2, 0.25) is 5.02 Å². The normalized spacial score (nSPS) is 26.7. The lowest BCUT2D eigenvalue weighted by molar-refractivity contribution is 0.0674. The molecule has 1 aliphatic carbocycles. The molecule has 0 aromatic heterocycles. The minimum absolute atomic E-state index is 0.151. The average molecular weight is 298 g/mol. The third-order valence-electron chi connectivity index (χ3n) is 3.76. The summed E-state index contributed by atoms with van der Waals surface area (Å²) < 4.78 is 18.7. The first-order valence-electron chi connectivity index (χ1n) is 6.76. The number of benzene rings is 1. The van der Waals surface area contributed by atoms with Crippen LogP contribution in [0.4, 0.5) is 4.39 Å². The first-order chi connectivity index (χ1) is 9.65. The largest absolute Gasteiger partial charge is 0.378 e. The van der Waals surface area contributed by atoms with Gasteiger partial charge in [0.15, 0.2) is 5.96 Å². The highest BCUT2D eigenvalue weighted by molar-refractivity contribution is 6.30. The number of hydrogen-bond donors (Lipinski definition) is 1. The molecule has 2 atom stereocenters. The molecule has 0 spiro atoms. The van der Waals surface area contributed by atoms with E-state index in [0.717, 1.165) is 25.1 Å². The second-order valence-electron chi connectivity index (χ2n) is 5.17. The van der Waals surface area contributed by atoms with Crippen molar-refractivity contribution in [3.63, 3.8) is 0 Å². The van der Waals surface area contributed by atoms with Crippen molar-refractivity contribution in [1.82, 2.24) is 4.90 Å². The number of halogens is 2. The van der Waals surface area contributed by atoms with Crippen molar-refractivity contribution in [2.75, 3.05) is 26.3 Å². The standard InChI is InChI=1S/C14H17ClFN3O/c15-11-2-1-9(7-12(11)16)10-8-13(10)18-14(17)19-3-5-20-6-4-19/h1-2,7,10,13H,3-6,8H2,(H2,17,18). The molecule has 2 aliphatic rings. The molecule has 1 aromatic carbocycles. The monoisotopic (exact) mass is 297 g/mol. The van der Waals surface area contributed by atoms with E-state index in [4.69, 9.17) is 22.1 Å². The summed E-state index contributed by atoms with van der Waals surface area (Å²) in [6.45, 7) is 2.93. The summed E-state index contributed by atoms with van der Waals surface area (Å²) >= 11 is 5.69. The highest BCUT2D eigenvalue weighted by Gasteiger charge is 2.39. The summed E-state index contributed by atoms with van der Waals surface area (Å²) in [5, 5.41) is 0.155. The average Bonchev–Trinajstić information content (AvgIpc) is 3.22. The van der Waals surface area contributed by atoms with Crippen molar-refractivity contribution in [2.45, 2.75) is 18.4 Å². The van der Waals surface area contributed by atoms with Gasteiger partial charge in [-0.05, 0) is 24.1 Å². The molecule has 0 radical (unpaired) electrons. The van der Waals surface area contributed by atoms with Gasteiger partial charge in [-0.3, -0.25) is 0 Å². The van der Waals surface area contributed by atoms with E-state index >= 15 is 0 Å². The van der Waals surface area contributed by atoms with Gasteiger partial charge in [0.1, 0.15) is 5.82 Å². The Hall–Kier alpha value is -1.33. The van der Waals surface area contributed by atoms with Gasteiger partial charge in [-0.25, -0.2) is 9.38 Å². The van der Waals surface area contributed by atoms with Crippen LogP contribution in [-0.4, -0.2) is 43.2 Å². The van der Waals surface area contributed by atoms with E-state index in [2.05, 4.69) is 4.99 Å². The Morgan fingerprint density at radius 2 is 2.15 bits per heavy atom. The van der Waals surface area contributed by atoms with Crippen LogP contribution in [0.25, 0.3) is 0 Å². The minimum atomic E-state index is -0.375. The van der Waals surface area contributed by atoms with Crippen LogP contribution in [0.15, 0.2) is 23.2 Å². The maximum absolute atomic E-state index is 13.4. The third-order valence-corrected chi connectivity index (χ3v) is 4.07. The molecule has 1 heterocycles. The highest BCUT2D eigenvalue weighted by atomic mass is 35.5. The number of nitrogens with zero attached hydrogens (tertiary/aromatic N) is 2. The number of aliphatic imine (C=N–C) groups is 1. The second-order valence-corrected chi connectivity index (χ2v) is 5.58. The molecular formula is C14H17ClFN3O. The van der Waals surface area contributed by atoms with Crippen LogP contribution >= 0.6 is 11.6 Å². The minimum Gasteiger partial charge on any atom is -0.378 e. The van der Waals surface area contributed by atoms with Gasteiger partial charge in [0.2, 0.25) is 0 Å². The fraction of sp³-hybridized carbons (Fsp3) is 0.500. The molecule has 2 unspecified atom stereocenters. The smallest absolute Gasteiger partial charge is 0.191 e. The predicted octanol–water partition coefficient (Wildman–Crippen LogP) is 1.98. The molecule has 1 saturated heterocycles. The Bertz CT molecular complexity index is 531. The van der Waals surface area contributed by atoms with Crippen molar-refractivity contribution < 1.29 is 9.13 Å². The maximum atomic E-state index is 13.4. The third kappa shape index (κ3) is 2.88. The van der Waals surface area contributed by atoms with Gasteiger partial charge in [-0.1, -0.05) is 17.7 Å². The van der Waals surface area contributed by atoms with Gasteiger partial charge < -0.3 is 15.4 Å². The Balaban J connectivity index is 1.64.